The molecule has 106 valence electrons. The molecule has 0 aliphatic rings. The third-order valence-corrected chi connectivity index (χ3v) is 3.38. The minimum Gasteiger partial charge on any atom is -0.465 e. The number of fused-ring (bicyclic) bond motifs is 1. The average Bonchev–Trinajstić information content (AvgIpc) is 2.91. The van der Waals surface area contributed by atoms with Crippen LogP contribution in [0.3, 0.4) is 0 Å². The summed E-state index contributed by atoms with van der Waals surface area (Å²) < 4.78 is 6.25. The number of hydrogen-bond acceptors (Lipinski definition) is 4. The molecule has 0 aliphatic carbocycles. The number of carbonyl (C=O) groups is 1. The summed E-state index contributed by atoms with van der Waals surface area (Å²) in [5, 5.41) is 4.93. The Morgan fingerprint density at radius 3 is 2.62 bits per heavy atom. The summed E-state index contributed by atoms with van der Waals surface area (Å²) in [5.41, 5.74) is 3.64. The van der Waals surface area contributed by atoms with Gasteiger partial charge in [-0.05, 0) is 25.1 Å². The van der Waals surface area contributed by atoms with Crippen molar-refractivity contribution in [2.75, 3.05) is 7.11 Å². The lowest BCUT2D eigenvalue weighted by atomic mass is 10.1. The molecule has 3 aromatic rings. The lowest BCUT2D eigenvalue weighted by Gasteiger charge is -2.00. The van der Waals surface area contributed by atoms with E-state index in [1.807, 2.05) is 25.1 Å². The Kier molecular flexibility index (Phi) is 3.35. The van der Waals surface area contributed by atoms with Crippen LogP contribution in [0.2, 0.25) is 5.15 Å². The van der Waals surface area contributed by atoms with Gasteiger partial charge in [-0.25, -0.2) is 14.3 Å². The van der Waals surface area contributed by atoms with Crippen LogP contribution in [0, 0.1) is 6.92 Å². The van der Waals surface area contributed by atoms with Gasteiger partial charge in [0.1, 0.15) is 5.15 Å². The molecule has 0 spiro atoms. The van der Waals surface area contributed by atoms with Crippen LogP contribution >= 0.6 is 11.6 Å². The van der Waals surface area contributed by atoms with E-state index in [1.54, 1.807) is 22.7 Å². The predicted octanol–water partition coefficient (Wildman–Crippen LogP) is 3.14. The zero-order chi connectivity index (χ0) is 15.0. The number of esters is 1. The molecule has 1 aromatic carbocycles. The number of halogens is 1. The molecule has 0 bridgehead atoms. The second kappa shape index (κ2) is 5.18. The third kappa shape index (κ3) is 2.48. The number of benzene rings is 1. The summed E-state index contributed by atoms with van der Waals surface area (Å²) >= 11 is 6.15. The highest BCUT2D eigenvalue weighted by atomic mass is 35.5. The number of aromatic nitrogens is 3. The molecule has 0 saturated carbocycles. The van der Waals surface area contributed by atoms with Gasteiger partial charge in [-0.2, -0.15) is 5.10 Å². The van der Waals surface area contributed by atoms with Gasteiger partial charge in [0, 0.05) is 17.3 Å². The quantitative estimate of drug-likeness (QED) is 0.539. The van der Waals surface area contributed by atoms with Gasteiger partial charge in [0.2, 0.25) is 0 Å². The smallest absolute Gasteiger partial charge is 0.337 e. The van der Waals surface area contributed by atoms with Crippen molar-refractivity contribution in [3.63, 3.8) is 0 Å². The maximum absolute atomic E-state index is 11.4. The largest absolute Gasteiger partial charge is 0.465 e. The van der Waals surface area contributed by atoms with E-state index in [9.17, 15) is 4.79 Å². The van der Waals surface area contributed by atoms with Crippen molar-refractivity contribution in [2.24, 2.45) is 0 Å². The fourth-order valence-corrected chi connectivity index (χ4v) is 2.37. The van der Waals surface area contributed by atoms with Gasteiger partial charge in [0.05, 0.1) is 18.4 Å². The molecule has 0 aliphatic heterocycles. The second-order valence-electron chi connectivity index (χ2n) is 4.59. The van der Waals surface area contributed by atoms with Gasteiger partial charge in [-0.1, -0.05) is 23.7 Å². The molecule has 6 heteroatoms. The standard InChI is InChI=1S/C15H12ClN3O2/c1-9-7-13(16)19-14(17-9)8-12(18-19)10-3-5-11(6-4-10)15(20)21-2/h3-8H,1-2H3. The molecule has 2 heterocycles. The van der Waals surface area contributed by atoms with Crippen LogP contribution in [0.1, 0.15) is 16.1 Å². The number of ether oxygens (including phenoxy) is 1. The Morgan fingerprint density at radius 2 is 1.95 bits per heavy atom. The highest BCUT2D eigenvalue weighted by Crippen LogP contribution is 2.22. The van der Waals surface area contributed by atoms with Gasteiger partial charge >= 0.3 is 5.97 Å². The summed E-state index contributed by atoms with van der Waals surface area (Å²) in [4.78, 5) is 15.8. The minimum absolute atomic E-state index is 0.364. The Morgan fingerprint density at radius 1 is 1.24 bits per heavy atom. The van der Waals surface area contributed by atoms with Crippen molar-refractivity contribution in [3.8, 4) is 11.3 Å². The van der Waals surface area contributed by atoms with Gasteiger partial charge < -0.3 is 4.74 Å². The van der Waals surface area contributed by atoms with E-state index in [0.717, 1.165) is 17.0 Å². The van der Waals surface area contributed by atoms with Crippen LogP contribution in [-0.2, 0) is 4.74 Å². The first-order chi connectivity index (χ1) is 10.1. The average molecular weight is 302 g/mol. The van der Waals surface area contributed by atoms with E-state index in [2.05, 4.69) is 14.8 Å². The number of hydrogen-bond donors (Lipinski definition) is 0. The molecule has 21 heavy (non-hydrogen) atoms. The zero-order valence-corrected chi connectivity index (χ0v) is 12.3. The first-order valence-corrected chi connectivity index (χ1v) is 6.68. The summed E-state index contributed by atoms with van der Waals surface area (Å²) in [6, 6.07) is 10.6. The molecule has 0 fully saturated rings. The number of rotatable bonds is 2. The van der Waals surface area contributed by atoms with Crippen LogP contribution in [0.5, 0.6) is 0 Å². The first kappa shape index (κ1) is 13.6. The van der Waals surface area contributed by atoms with E-state index in [0.29, 0.717) is 16.4 Å². The fraction of sp³-hybridized carbons (Fsp3) is 0.133. The van der Waals surface area contributed by atoms with E-state index >= 15 is 0 Å². The second-order valence-corrected chi connectivity index (χ2v) is 4.98. The van der Waals surface area contributed by atoms with Crippen LogP contribution < -0.4 is 0 Å². The summed E-state index contributed by atoms with van der Waals surface area (Å²) in [6.45, 7) is 1.88. The van der Waals surface area contributed by atoms with E-state index in [1.165, 1.54) is 7.11 Å². The van der Waals surface area contributed by atoms with Crippen LogP contribution in [0.25, 0.3) is 16.9 Å². The lowest BCUT2D eigenvalue weighted by molar-refractivity contribution is 0.0601. The molecule has 5 nitrogen and oxygen atoms in total. The third-order valence-electron chi connectivity index (χ3n) is 3.11. The molecule has 0 amide bonds. The van der Waals surface area contributed by atoms with Crippen LogP contribution in [-0.4, -0.2) is 27.7 Å². The lowest BCUT2D eigenvalue weighted by Crippen LogP contribution is -2.00. The Hall–Kier alpha value is -2.40. The van der Waals surface area contributed by atoms with E-state index in [4.69, 9.17) is 11.6 Å². The van der Waals surface area contributed by atoms with Crippen molar-refractivity contribution in [1.29, 1.82) is 0 Å². The molecule has 0 N–H and O–H groups in total. The van der Waals surface area contributed by atoms with Crippen LogP contribution in [0.15, 0.2) is 36.4 Å². The SMILES string of the molecule is COC(=O)c1ccc(-c2cc3nc(C)cc(Cl)n3n2)cc1. The Bertz CT molecular complexity index is 825. The minimum atomic E-state index is -0.364. The highest BCUT2D eigenvalue weighted by Gasteiger charge is 2.10. The summed E-state index contributed by atoms with van der Waals surface area (Å²) in [7, 11) is 1.36. The van der Waals surface area contributed by atoms with Crippen molar-refractivity contribution < 1.29 is 9.53 Å². The highest BCUT2D eigenvalue weighted by molar-refractivity contribution is 6.29. The van der Waals surface area contributed by atoms with Gasteiger partial charge in [-0.15, -0.1) is 0 Å². The number of methoxy groups -OCH3 is 1. The zero-order valence-electron chi connectivity index (χ0n) is 11.5. The predicted molar refractivity (Wildman–Crippen MR) is 79.5 cm³/mol. The number of aryl methyl sites for hydroxylation is 1. The Balaban J connectivity index is 2.04. The number of nitrogens with zero attached hydrogens (tertiary/aromatic N) is 3. The molecule has 0 unspecified atom stereocenters. The van der Waals surface area contributed by atoms with Crippen molar-refractivity contribution in [3.05, 3.63) is 52.8 Å². The normalized spacial score (nSPS) is 10.8. The Labute approximate surface area is 126 Å². The van der Waals surface area contributed by atoms with Crippen molar-refractivity contribution in [2.45, 2.75) is 6.92 Å². The van der Waals surface area contributed by atoms with Gasteiger partial charge in [0.25, 0.3) is 0 Å². The molecule has 2 aromatic heterocycles. The number of carbonyl (C=O) groups excluding carboxylic acids is 1. The fourth-order valence-electron chi connectivity index (χ4n) is 2.09. The van der Waals surface area contributed by atoms with Crippen molar-refractivity contribution in [1.82, 2.24) is 14.6 Å². The molecule has 0 atom stereocenters. The maximum atomic E-state index is 11.4. The monoisotopic (exact) mass is 301 g/mol. The molecule has 0 saturated heterocycles. The van der Waals surface area contributed by atoms with E-state index < -0.39 is 0 Å². The van der Waals surface area contributed by atoms with E-state index in [-0.39, 0.29) is 5.97 Å². The molecule has 3 rings (SSSR count). The molecular weight excluding hydrogens is 290 g/mol. The van der Waals surface area contributed by atoms with Crippen LogP contribution in [0.4, 0.5) is 0 Å². The maximum Gasteiger partial charge on any atom is 0.337 e. The topological polar surface area (TPSA) is 56.5 Å². The summed E-state index contributed by atoms with van der Waals surface area (Å²) in [5.74, 6) is -0.364. The molecular formula is C15H12ClN3O2. The molecule has 0 radical (unpaired) electrons. The summed E-state index contributed by atoms with van der Waals surface area (Å²) in [6.07, 6.45) is 0. The van der Waals surface area contributed by atoms with Gasteiger partial charge in [-0.3, -0.25) is 0 Å². The van der Waals surface area contributed by atoms with Gasteiger partial charge in [0.15, 0.2) is 5.65 Å². The van der Waals surface area contributed by atoms with Crippen molar-refractivity contribution >= 4 is 23.2 Å². The first-order valence-electron chi connectivity index (χ1n) is 6.30.